The Morgan fingerprint density at radius 3 is 2.71 bits per heavy atom. The Hall–Kier alpha value is -2.10. The number of esters is 1. The maximum Gasteiger partial charge on any atom is 0.316 e. The molecule has 0 saturated heterocycles. The maximum absolute atomic E-state index is 12.1. The minimum Gasteiger partial charge on any atom is -0.468 e. The molecule has 112 valence electrons. The van der Waals surface area contributed by atoms with Crippen molar-refractivity contribution >= 4 is 17.4 Å². The third kappa shape index (κ3) is 3.32. The van der Waals surface area contributed by atoms with Crippen LogP contribution < -0.4 is 5.32 Å². The lowest BCUT2D eigenvalue weighted by Crippen LogP contribution is -2.34. The van der Waals surface area contributed by atoms with Gasteiger partial charge in [-0.2, -0.15) is 0 Å². The van der Waals surface area contributed by atoms with Gasteiger partial charge in [0.2, 0.25) is 0 Å². The van der Waals surface area contributed by atoms with Crippen molar-refractivity contribution in [1.82, 2.24) is 0 Å². The first-order valence-corrected chi connectivity index (χ1v) is 7.24. The molecule has 1 aromatic carbocycles. The van der Waals surface area contributed by atoms with E-state index in [9.17, 15) is 9.59 Å². The summed E-state index contributed by atoms with van der Waals surface area (Å²) in [4.78, 5) is 23.8. The zero-order valence-corrected chi connectivity index (χ0v) is 12.7. The van der Waals surface area contributed by atoms with E-state index in [0.29, 0.717) is 6.42 Å². The van der Waals surface area contributed by atoms with Crippen LogP contribution in [0.3, 0.4) is 0 Å². The summed E-state index contributed by atoms with van der Waals surface area (Å²) in [5, 5.41) is 3.33. The summed E-state index contributed by atoms with van der Waals surface area (Å²) in [7, 11) is 1.32. The number of benzene rings is 1. The topological polar surface area (TPSA) is 55.4 Å². The van der Waals surface area contributed by atoms with Crippen molar-refractivity contribution in [3.63, 3.8) is 0 Å². The fourth-order valence-corrected chi connectivity index (χ4v) is 2.75. The lowest BCUT2D eigenvalue weighted by molar-refractivity contribution is -0.150. The SMILES string of the molecule is CCc1ccccc1NC1=CC(=O)[C@@H](C(=O)OC)[C@H](C)C1. The zero-order valence-electron chi connectivity index (χ0n) is 12.7. The van der Waals surface area contributed by atoms with Gasteiger partial charge in [-0.15, -0.1) is 0 Å². The third-order valence-electron chi connectivity index (χ3n) is 3.88. The maximum atomic E-state index is 12.1. The van der Waals surface area contributed by atoms with E-state index in [2.05, 4.69) is 18.3 Å². The fraction of sp³-hybridized carbons (Fsp3) is 0.412. The molecule has 0 spiro atoms. The highest BCUT2D eigenvalue weighted by atomic mass is 16.5. The average molecular weight is 287 g/mol. The standard InChI is InChI=1S/C17H21NO3/c1-4-12-7-5-6-8-14(12)18-13-9-11(2)16(15(19)10-13)17(20)21-3/h5-8,10-11,16,18H,4,9H2,1-3H3/t11-,16+/m1/s1. The molecular formula is C17H21NO3. The van der Waals surface area contributed by atoms with Gasteiger partial charge in [-0.25, -0.2) is 0 Å². The number of carbonyl (C=O) groups excluding carboxylic acids is 2. The van der Waals surface area contributed by atoms with Crippen LogP contribution in [-0.4, -0.2) is 18.9 Å². The number of rotatable bonds is 4. The van der Waals surface area contributed by atoms with Crippen molar-refractivity contribution in [1.29, 1.82) is 0 Å². The normalized spacial score (nSPS) is 21.7. The molecule has 0 amide bonds. The van der Waals surface area contributed by atoms with E-state index in [0.717, 1.165) is 17.8 Å². The van der Waals surface area contributed by atoms with E-state index in [4.69, 9.17) is 4.74 Å². The van der Waals surface area contributed by atoms with Gasteiger partial charge in [0, 0.05) is 17.5 Å². The highest BCUT2D eigenvalue weighted by molar-refractivity contribution is 6.06. The van der Waals surface area contributed by atoms with Gasteiger partial charge in [-0.3, -0.25) is 9.59 Å². The zero-order chi connectivity index (χ0) is 15.4. The number of carbonyl (C=O) groups is 2. The van der Waals surface area contributed by atoms with Crippen LogP contribution in [0.2, 0.25) is 0 Å². The number of para-hydroxylation sites is 1. The van der Waals surface area contributed by atoms with Crippen molar-refractivity contribution in [2.24, 2.45) is 11.8 Å². The lowest BCUT2D eigenvalue weighted by atomic mass is 9.82. The molecule has 4 heteroatoms. The number of ether oxygens (including phenoxy) is 1. The monoisotopic (exact) mass is 287 g/mol. The van der Waals surface area contributed by atoms with Gasteiger partial charge in [0.25, 0.3) is 0 Å². The summed E-state index contributed by atoms with van der Waals surface area (Å²) in [6, 6.07) is 8.03. The molecule has 0 heterocycles. The second-order valence-corrected chi connectivity index (χ2v) is 5.39. The molecule has 4 nitrogen and oxygen atoms in total. The Morgan fingerprint density at radius 1 is 1.38 bits per heavy atom. The molecule has 2 rings (SSSR count). The van der Waals surface area contributed by atoms with E-state index in [-0.39, 0.29) is 11.7 Å². The fourth-order valence-electron chi connectivity index (χ4n) is 2.75. The Kier molecular flexibility index (Phi) is 4.78. The van der Waals surface area contributed by atoms with E-state index < -0.39 is 11.9 Å². The molecule has 0 saturated carbocycles. The summed E-state index contributed by atoms with van der Waals surface area (Å²) in [5.41, 5.74) is 3.07. The highest BCUT2D eigenvalue weighted by Gasteiger charge is 2.35. The van der Waals surface area contributed by atoms with Crippen LogP contribution in [0.15, 0.2) is 36.0 Å². The molecule has 1 aliphatic carbocycles. The first kappa shape index (κ1) is 15.3. The van der Waals surface area contributed by atoms with Crippen LogP contribution in [-0.2, 0) is 20.7 Å². The Labute approximate surface area is 125 Å². The number of anilines is 1. The van der Waals surface area contributed by atoms with Crippen molar-refractivity contribution in [3.8, 4) is 0 Å². The van der Waals surface area contributed by atoms with Gasteiger partial charge in [0.1, 0.15) is 5.92 Å². The molecule has 1 aliphatic rings. The molecule has 0 bridgehead atoms. The van der Waals surface area contributed by atoms with Crippen LogP contribution >= 0.6 is 0 Å². The molecular weight excluding hydrogens is 266 g/mol. The number of ketones is 1. The van der Waals surface area contributed by atoms with E-state index in [1.807, 2.05) is 25.1 Å². The Bertz CT molecular complexity index is 577. The van der Waals surface area contributed by atoms with E-state index in [1.54, 1.807) is 0 Å². The van der Waals surface area contributed by atoms with Gasteiger partial charge in [-0.05, 0) is 30.4 Å². The largest absolute Gasteiger partial charge is 0.468 e. The Morgan fingerprint density at radius 2 is 2.10 bits per heavy atom. The summed E-state index contributed by atoms with van der Waals surface area (Å²) >= 11 is 0. The smallest absolute Gasteiger partial charge is 0.316 e. The van der Waals surface area contributed by atoms with Crippen LogP contribution in [0.25, 0.3) is 0 Å². The highest BCUT2D eigenvalue weighted by Crippen LogP contribution is 2.29. The quantitative estimate of drug-likeness (QED) is 0.683. The summed E-state index contributed by atoms with van der Waals surface area (Å²) < 4.78 is 4.71. The van der Waals surface area contributed by atoms with Gasteiger partial charge in [-0.1, -0.05) is 32.0 Å². The molecule has 1 aromatic rings. The third-order valence-corrected chi connectivity index (χ3v) is 3.88. The molecule has 0 radical (unpaired) electrons. The lowest BCUT2D eigenvalue weighted by Gasteiger charge is -2.26. The van der Waals surface area contributed by atoms with Crippen molar-refractivity contribution < 1.29 is 14.3 Å². The molecule has 0 aliphatic heterocycles. The van der Waals surface area contributed by atoms with Gasteiger partial charge in [0.15, 0.2) is 5.78 Å². The van der Waals surface area contributed by atoms with Crippen molar-refractivity contribution in [2.45, 2.75) is 26.7 Å². The minimum absolute atomic E-state index is 0.0637. The minimum atomic E-state index is -0.679. The van der Waals surface area contributed by atoms with E-state index >= 15 is 0 Å². The van der Waals surface area contributed by atoms with Crippen LogP contribution in [0.4, 0.5) is 5.69 Å². The molecule has 0 unspecified atom stereocenters. The predicted octanol–water partition coefficient (Wildman–Crippen LogP) is 2.94. The van der Waals surface area contributed by atoms with Crippen LogP contribution in [0.5, 0.6) is 0 Å². The first-order chi connectivity index (χ1) is 10.1. The van der Waals surface area contributed by atoms with E-state index in [1.165, 1.54) is 18.7 Å². The average Bonchev–Trinajstić information content (AvgIpc) is 2.46. The number of hydrogen-bond donors (Lipinski definition) is 1. The molecule has 0 fully saturated rings. The predicted molar refractivity (Wildman–Crippen MR) is 81.8 cm³/mol. The number of aryl methyl sites for hydroxylation is 1. The Balaban J connectivity index is 2.19. The number of methoxy groups -OCH3 is 1. The second-order valence-electron chi connectivity index (χ2n) is 5.39. The second kappa shape index (κ2) is 6.57. The van der Waals surface area contributed by atoms with Crippen LogP contribution in [0.1, 0.15) is 25.8 Å². The van der Waals surface area contributed by atoms with Gasteiger partial charge < -0.3 is 10.1 Å². The number of hydrogen-bond acceptors (Lipinski definition) is 4. The van der Waals surface area contributed by atoms with Crippen LogP contribution in [0, 0.1) is 11.8 Å². The van der Waals surface area contributed by atoms with Crippen molar-refractivity contribution in [2.75, 3.05) is 12.4 Å². The summed E-state index contributed by atoms with van der Waals surface area (Å²) in [5.74, 6) is -1.37. The molecule has 21 heavy (non-hydrogen) atoms. The van der Waals surface area contributed by atoms with Gasteiger partial charge in [0.05, 0.1) is 7.11 Å². The summed E-state index contributed by atoms with van der Waals surface area (Å²) in [6.07, 6.45) is 3.11. The molecule has 2 atom stereocenters. The van der Waals surface area contributed by atoms with Gasteiger partial charge >= 0.3 is 5.97 Å². The first-order valence-electron chi connectivity index (χ1n) is 7.24. The number of nitrogens with one attached hydrogen (secondary N) is 1. The summed E-state index contributed by atoms with van der Waals surface area (Å²) in [6.45, 7) is 4.00. The van der Waals surface area contributed by atoms with Crippen molar-refractivity contribution in [3.05, 3.63) is 41.6 Å². The molecule has 1 N–H and O–H groups in total. The number of allylic oxidation sites excluding steroid dienone is 2. The molecule has 0 aromatic heterocycles.